The molecule has 1 saturated heterocycles. The van der Waals surface area contributed by atoms with Crippen LogP contribution >= 0.6 is 11.6 Å². The Labute approximate surface area is 125 Å². The van der Waals surface area contributed by atoms with Crippen LogP contribution in [0.4, 0.5) is 0 Å². The van der Waals surface area contributed by atoms with Gasteiger partial charge in [-0.1, -0.05) is 11.6 Å². The highest BCUT2D eigenvalue weighted by Crippen LogP contribution is 2.34. The van der Waals surface area contributed by atoms with Crippen molar-refractivity contribution in [3.8, 4) is 5.75 Å². The van der Waals surface area contributed by atoms with Crippen molar-refractivity contribution in [3.63, 3.8) is 0 Å². The van der Waals surface area contributed by atoms with Crippen LogP contribution in [0.1, 0.15) is 24.0 Å². The van der Waals surface area contributed by atoms with E-state index in [1.165, 1.54) is 17.5 Å². The Morgan fingerprint density at radius 1 is 1.40 bits per heavy atom. The summed E-state index contributed by atoms with van der Waals surface area (Å²) in [5, 5.41) is 4.26. The van der Waals surface area contributed by atoms with E-state index in [1.807, 2.05) is 13.1 Å². The largest absolute Gasteiger partial charge is 0.493 e. The van der Waals surface area contributed by atoms with E-state index in [4.69, 9.17) is 21.1 Å². The van der Waals surface area contributed by atoms with Crippen molar-refractivity contribution < 1.29 is 9.47 Å². The molecule has 2 heterocycles. The highest BCUT2D eigenvalue weighted by Gasteiger charge is 2.23. The Morgan fingerprint density at radius 2 is 2.30 bits per heavy atom. The fourth-order valence-electron chi connectivity index (χ4n) is 3.24. The first kappa shape index (κ1) is 14.2. The van der Waals surface area contributed by atoms with Gasteiger partial charge in [0.15, 0.2) is 0 Å². The molecule has 0 aromatic heterocycles. The van der Waals surface area contributed by atoms with Gasteiger partial charge in [0.2, 0.25) is 0 Å². The molecule has 110 valence electrons. The molecule has 3 nitrogen and oxygen atoms in total. The van der Waals surface area contributed by atoms with E-state index >= 15 is 0 Å². The molecule has 0 aliphatic carbocycles. The average Bonchev–Trinajstić information content (AvgIpc) is 3.08. The molecular weight excluding hydrogens is 274 g/mol. The molecule has 2 unspecified atom stereocenters. The standard InChI is InChI=1S/C16H22ClNO2/c1-18-15(6-11-2-4-19-10-11)9-13-8-14(17)7-12-3-5-20-16(12)13/h7-8,11,15,18H,2-6,9-10H2,1H3. The molecule has 1 aromatic carbocycles. The van der Waals surface area contributed by atoms with Crippen molar-refractivity contribution in [2.75, 3.05) is 26.9 Å². The van der Waals surface area contributed by atoms with E-state index in [-0.39, 0.29) is 0 Å². The summed E-state index contributed by atoms with van der Waals surface area (Å²) in [4.78, 5) is 0. The number of hydrogen-bond acceptors (Lipinski definition) is 3. The predicted octanol–water partition coefficient (Wildman–Crippen LogP) is 2.83. The van der Waals surface area contributed by atoms with Crippen molar-refractivity contribution >= 4 is 11.6 Å². The summed E-state index contributed by atoms with van der Waals surface area (Å²) >= 11 is 6.23. The maximum atomic E-state index is 6.23. The van der Waals surface area contributed by atoms with E-state index in [0.717, 1.165) is 49.9 Å². The van der Waals surface area contributed by atoms with Gasteiger partial charge >= 0.3 is 0 Å². The summed E-state index contributed by atoms with van der Waals surface area (Å²) in [6.07, 6.45) is 4.28. The van der Waals surface area contributed by atoms with E-state index in [9.17, 15) is 0 Å². The van der Waals surface area contributed by atoms with Crippen LogP contribution in [0.2, 0.25) is 5.02 Å². The van der Waals surface area contributed by atoms with Gasteiger partial charge in [-0.15, -0.1) is 0 Å². The molecule has 2 atom stereocenters. The van der Waals surface area contributed by atoms with Gasteiger partial charge in [0.05, 0.1) is 6.61 Å². The van der Waals surface area contributed by atoms with Crippen LogP contribution < -0.4 is 10.1 Å². The summed E-state index contributed by atoms with van der Waals surface area (Å²) in [5.41, 5.74) is 2.50. The van der Waals surface area contributed by atoms with Gasteiger partial charge in [-0.2, -0.15) is 0 Å². The van der Waals surface area contributed by atoms with Crippen molar-refractivity contribution in [3.05, 3.63) is 28.3 Å². The second-order valence-corrected chi connectivity index (χ2v) is 6.24. The number of ether oxygens (including phenoxy) is 2. The van der Waals surface area contributed by atoms with E-state index in [2.05, 4.69) is 11.4 Å². The van der Waals surface area contributed by atoms with Gasteiger partial charge in [0, 0.05) is 30.7 Å². The second-order valence-electron chi connectivity index (χ2n) is 5.81. The minimum Gasteiger partial charge on any atom is -0.493 e. The molecule has 20 heavy (non-hydrogen) atoms. The number of likely N-dealkylation sites (N-methyl/N-ethyl adjacent to an activating group) is 1. The summed E-state index contributed by atoms with van der Waals surface area (Å²) in [5.74, 6) is 1.75. The van der Waals surface area contributed by atoms with E-state index in [1.54, 1.807) is 0 Å². The van der Waals surface area contributed by atoms with Crippen LogP contribution in [-0.2, 0) is 17.6 Å². The van der Waals surface area contributed by atoms with Crippen LogP contribution in [0.5, 0.6) is 5.75 Å². The van der Waals surface area contributed by atoms with Gasteiger partial charge in [-0.25, -0.2) is 0 Å². The third kappa shape index (κ3) is 3.11. The SMILES string of the molecule is CNC(Cc1cc(Cl)cc2c1OCC2)CC1CCOC1. The van der Waals surface area contributed by atoms with Crippen LogP contribution in [-0.4, -0.2) is 32.9 Å². The summed E-state index contributed by atoms with van der Waals surface area (Å²) in [7, 11) is 2.03. The molecular formula is C16H22ClNO2. The van der Waals surface area contributed by atoms with Crippen LogP contribution in [0, 0.1) is 5.92 Å². The third-order valence-electron chi connectivity index (χ3n) is 4.34. The van der Waals surface area contributed by atoms with Crippen LogP contribution in [0.25, 0.3) is 0 Å². The van der Waals surface area contributed by atoms with Gasteiger partial charge < -0.3 is 14.8 Å². The van der Waals surface area contributed by atoms with Crippen molar-refractivity contribution in [2.45, 2.75) is 31.7 Å². The molecule has 0 spiro atoms. The highest BCUT2D eigenvalue weighted by molar-refractivity contribution is 6.30. The van der Waals surface area contributed by atoms with Crippen LogP contribution in [0.15, 0.2) is 12.1 Å². The lowest BCUT2D eigenvalue weighted by molar-refractivity contribution is 0.181. The first-order valence-electron chi connectivity index (χ1n) is 7.45. The predicted molar refractivity (Wildman–Crippen MR) is 80.7 cm³/mol. The number of hydrogen-bond donors (Lipinski definition) is 1. The molecule has 1 aromatic rings. The highest BCUT2D eigenvalue weighted by atomic mass is 35.5. The molecule has 1 fully saturated rings. The molecule has 0 saturated carbocycles. The van der Waals surface area contributed by atoms with Crippen molar-refractivity contribution in [2.24, 2.45) is 5.92 Å². The first-order valence-corrected chi connectivity index (χ1v) is 7.83. The fraction of sp³-hybridized carbons (Fsp3) is 0.625. The molecule has 0 amide bonds. The topological polar surface area (TPSA) is 30.5 Å². The first-order chi connectivity index (χ1) is 9.76. The minimum absolute atomic E-state index is 0.452. The van der Waals surface area contributed by atoms with Gasteiger partial charge in [-0.3, -0.25) is 0 Å². The second kappa shape index (κ2) is 6.33. The zero-order valence-corrected chi connectivity index (χ0v) is 12.7. The lowest BCUT2D eigenvalue weighted by atomic mass is 9.93. The number of benzene rings is 1. The summed E-state index contributed by atoms with van der Waals surface area (Å²) in [6.45, 7) is 2.60. The number of nitrogens with one attached hydrogen (secondary N) is 1. The Hall–Kier alpha value is -0.770. The molecule has 0 bridgehead atoms. The monoisotopic (exact) mass is 295 g/mol. The Morgan fingerprint density at radius 3 is 3.05 bits per heavy atom. The quantitative estimate of drug-likeness (QED) is 0.906. The smallest absolute Gasteiger partial charge is 0.125 e. The normalized spacial score (nSPS) is 22.6. The lowest BCUT2D eigenvalue weighted by Crippen LogP contribution is -2.30. The minimum atomic E-state index is 0.452. The maximum absolute atomic E-state index is 6.23. The Balaban J connectivity index is 1.72. The Kier molecular flexibility index (Phi) is 4.49. The zero-order chi connectivity index (χ0) is 13.9. The summed E-state index contributed by atoms with van der Waals surface area (Å²) in [6, 6.07) is 4.54. The summed E-state index contributed by atoms with van der Waals surface area (Å²) < 4.78 is 11.3. The number of rotatable bonds is 5. The molecule has 4 heteroatoms. The van der Waals surface area contributed by atoms with Gasteiger partial charge in [0.1, 0.15) is 5.75 Å². The van der Waals surface area contributed by atoms with Gasteiger partial charge in [-0.05, 0) is 55.5 Å². The molecule has 2 aliphatic heterocycles. The molecule has 0 radical (unpaired) electrons. The Bertz CT molecular complexity index is 472. The molecule has 3 rings (SSSR count). The number of fused-ring (bicyclic) bond motifs is 1. The molecule has 2 aliphatic rings. The zero-order valence-electron chi connectivity index (χ0n) is 12.0. The fourth-order valence-corrected chi connectivity index (χ4v) is 3.50. The maximum Gasteiger partial charge on any atom is 0.125 e. The van der Waals surface area contributed by atoms with E-state index in [0.29, 0.717) is 12.0 Å². The van der Waals surface area contributed by atoms with E-state index < -0.39 is 0 Å². The van der Waals surface area contributed by atoms with Crippen LogP contribution in [0.3, 0.4) is 0 Å². The lowest BCUT2D eigenvalue weighted by Gasteiger charge is -2.20. The average molecular weight is 296 g/mol. The van der Waals surface area contributed by atoms with Gasteiger partial charge in [0.25, 0.3) is 0 Å². The van der Waals surface area contributed by atoms with Crippen molar-refractivity contribution in [1.82, 2.24) is 5.32 Å². The molecule has 1 N–H and O–H groups in total. The third-order valence-corrected chi connectivity index (χ3v) is 4.56. The number of halogens is 1. The van der Waals surface area contributed by atoms with Crippen molar-refractivity contribution in [1.29, 1.82) is 0 Å².